The summed E-state index contributed by atoms with van der Waals surface area (Å²) in [5.41, 5.74) is -2.61. The topological polar surface area (TPSA) is 146 Å². The van der Waals surface area contributed by atoms with Crippen LogP contribution in [0.5, 0.6) is 0 Å². The Hall–Kier alpha value is -3.89. The number of carbonyl (C=O) groups excluding carboxylic acids is 5. The zero-order valence-electron chi connectivity index (χ0n) is 24.8. The van der Waals surface area contributed by atoms with Crippen LogP contribution in [0.25, 0.3) is 0 Å². The molecule has 3 rings (SSSR count). The Morgan fingerprint density at radius 2 is 1.73 bits per heavy atom. The predicted octanol–water partition coefficient (Wildman–Crippen LogP) is 2.31. The first-order valence-corrected chi connectivity index (χ1v) is 14.0. The summed E-state index contributed by atoms with van der Waals surface area (Å²) in [6.45, 7) is 10.5. The van der Waals surface area contributed by atoms with Crippen molar-refractivity contribution in [3.8, 4) is 0 Å². The van der Waals surface area contributed by atoms with E-state index in [9.17, 15) is 24.0 Å². The van der Waals surface area contributed by atoms with E-state index in [0.717, 1.165) is 5.56 Å². The van der Waals surface area contributed by atoms with Gasteiger partial charge in [-0.2, -0.15) is 0 Å². The number of hydrogen-bond acceptors (Lipinski definition) is 6. The van der Waals surface area contributed by atoms with Crippen LogP contribution in [0.4, 0.5) is 4.79 Å². The number of benzene rings is 1. The molecule has 0 unspecified atom stereocenters. The van der Waals surface area contributed by atoms with Crippen molar-refractivity contribution in [1.82, 2.24) is 26.2 Å². The smallest absolute Gasteiger partial charge is 0.408 e. The van der Waals surface area contributed by atoms with Crippen LogP contribution in [0.3, 0.4) is 0 Å². The van der Waals surface area contributed by atoms with E-state index in [1.54, 1.807) is 53.7 Å². The molecule has 2 heterocycles. The maximum absolute atomic E-state index is 13.6. The molecule has 0 spiro atoms. The minimum atomic E-state index is -1.38. The largest absolute Gasteiger partial charge is 0.444 e. The summed E-state index contributed by atoms with van der Waals surface area (Å²) in [5, 5.41) is 11.1. The van der Waals surface area contributed by atoms with Gasteiger partial charge in [0, 0.05) is 13.1 Å². The first kappa shape index (κ1) is 31.6. The molecule has 1 aromatic rings. The highest BCUT2D eigenvalue weighted by atomic mass is 16.6. The molecule has 3 atom stereocenters. The minimum absolute atomic E-state index is 0.100. The first-order chi connectivity index (χ1) is 19.1. The number of carbonyl (C=O) groups is 5. The molecule has 0 aromatic heterocycles. The van der Waals surface area contributed by atoms with Gasteiger partial charge in [-0.1, -0.05) is 42.5 Å². The number of fused-ring (bicyclic) bond motifs is 1. The van der Waals surface area contributed by atoms with Gasteiger partial charge in [0.2, 0.25) is 23.6 Å². The van der Waals surface area contributed by atoms with Gasteiger partial charge in [-0.3, -0.25) is 19.2 Å². The van der Waals surface area contributed by atoms with Gasteiger partial charge in [-0.15, -0.1) is 0 Å². The van der Waals surface area contributed by atoms with E-state index in [-0.39, 0.29) is 19.4 Å². The summed E-state index contributed by atoms with van der Waals surface area (Å²) in [6, 6.07) is 7.60. The second-order valence-corrected chi connectivity index (χ2v) is 12.4. The van der Waals surface area contributed by atoms with Gasteiger partial charge in [-0.25, -0.2) is 4.79 Å². The Bertz CT molecular complexity index is 1180. The lowest BCUT2D eigenvalue weighted by molar-refractivity contribution is -0.142. The van der Waals surface area contributed by atoms with Crippen molar-refractivity contribution in [3.63, 3.8) is 0 Å². The molecular weight excluding hydrogens is 526 g/mol. The fourth-order valence-corrected chi connectivity index (χ4v) is 4.75. The van der Waals surface area contributed by atoms with Crippen molar-refractivity contribution < 1.29 is 28.7 Å². The van der Waals surface area contributed by atoms with Crippen LogP contribution < -0.4 is 21.3 Å². The molecule has 0 radical (unpaired) electrons. The molecule has 2 aliphatic heterocycles. The number of rotatable bonds is 4. The molecule has 0 bridgehead atoms. The first-order valence-electron chi connectivity index (χ1n) is 14.0. The second kappa shape index (κ2) is 12.7. The van der Waals surface area contributed by atoms with Crippen LogP contribution in [0.1, 0.15) is 72.8 Å². The summed E-state index contributed by atoms with van der Waals surface area (Å²) in [6.07, 6.45) is 3.88. The number of alkyl carbamates (subject to hydrolysis) is 1. The van der Waals surface area contributed by atoms with E-state index in [1.165, 1.54) is 4.90 Å². The lowest BCUT2D eigenvalue weighted by atomic mass is 9.92. The van der Waals surface area contributed by atoms with Crippen molar-refractivity contribution in [1.29, 1.82) is 0 Å². The number of nitrogens with zero attached hydrogens (tertiary/aromatic N) is 1. The predicted molar refractivity (Wildman–Crippen MR) is 153 cm³/mol. The molecule has 224 valence electrons. The molecular formula is C30H43N5O6. The normalized spacial score (nSPS) is 26.1. The van der Waals surface area contributed by atoms with E-state index in [1.807, 2.05) is 30.3 Å². The van der Waals surface area contributed by atoms with Gasteiger partial charge >= 0.3 is 6.09 Å². The van der Waals surface area contributed by atoms with Gasteiger partial charge in [-0.05, 0) is 72.8 Å². The van der Waals surface area contributed by atoms with Crippen molar-refractivity contribution in [2.45, 2.75) is 103 Å². The average Bonchev–Trinajstić information content (AvgIpc) is 3.37. The SMILES string of the molecule is CC(C)(C)OC(=O)N[C@H]1C/C=C/C[C@@](C)(C(=O)NCc2ccccc2)NC(=O)C(C)(C)NC(=O)[C@@H]2CCCN2C1=O. The van der Waals surface area contributed by atoms with Gasteiger partial charge in [0.1, 0.15) is 28.8 Å². The highest BCUT2D eigenvalue weighted by Crippen LogP contribution is 2.22. The summed E-state index contributed by atoms with van der Waals surface area (Å²) >= 11 is 0. The van der Waals surface area contributed by atoms with Crippen LogP contribution >= 0.6 is 0 Å². The Balaban J connectivity index is 1.90. The maximum atomic E-state index is 13.6. The maximum Gasteiger partial charge on any atom is 0.408 e. The van der Waals surface area contributed by atoms with Crippen molar-refractivity contribution in [2.24, 2.45) is 0 Å². The molecule has 5 amide bonds. The van der Waals surface area contributed by atoms with Crippen LogP contribution in [-0.2, 0) is 30.5 Å². The minimum Gasteiger partial charge on any atom is -0.444 e. The zero-order valence-corrected chi connectivity index (χ0v) is 24.8. The van der Waals surface area contributed by atoms with Crippen LogP contribution in [-0.4, -0.2) is 69.9 Å². The molecule has 2 aliphatic rings. The van der Waals surface area contributed by atoms with Gasteiger partial charge < -0.3 is 30.9 Å². The Kier molecular flexibility index (Phi) is 9.83. The third kappa shape index (κ3) is 8.55. The molecule has 41 heavy (non-hydrogen) atoms. The average molecular weight is 570 g/mol. The summed E-state index contributed by atoms with van der Waals surface area (Å²) in [7, 11) is 0. The summed E-state index contributed by atoms with van der Waals surface area (Å²) < 4.78 is 5.37. The van der Waals surface area contributed by atoms with Crippen LogP contribution in [0.15, 0.2) is 42.5 Å². The Morgan fingerprint density at radius 1 is 1.05 bits per heavy atom. The number of ether oxygens (including phenoxy) is 1. The molecule has 11 heteroatoms. The van der Waals surface area contributed by atoms with Crippen LogP contribution in [0, 0.1) is 0 Å². The number of hydrogen-bond donors (Lipinski definition) is 4. The monoisotopic (exact) mass is 569 g/mol. The molecule has 0 saturated carbocycles. The second-order valence-electron chi connectivity index (χ2n) is 12.4. The van der Waals surface area contributed by atoms with E-state index >= 15 is 0 Å². The lowest BCUT2D eigenvalue weighted by Crippen LogP contribution is -2.65. The highest BCUT2D eigenvalue weighted by molar-refractivity contribution is 5.98. The van der Waals surface area contributed by atoms with Crippen molar-refractivity contribution in [2.75, 3.05) is 6.54 Å². The number of nitrogens with one attached hydrogen (secondary N) is 4. The lowest BCUT2D eigenvalue weighted by Gasteiger charge is -2.35. The molecule has 1 fully saturated rings. The third-order valence-electron chi connectivity index (χ3n) is 7.08. The van der Waals surface area contributed by atoms with E-state index in [0.29, 0.717) is 19.4 Å². The van der Waals surface area contributed by atoms with Crippen LogP contribution in [0.2, 0.25) is 0 Å². The molecule has 11 nitrogen and oxygen atoms in total. The Morgan fingerprint density at radius 3 is 2.39 bits per heavy atom. The van der Waals surface area contributed by atoms with Gasteiger partial charge in [0.15, 0.2) is 0 Å². The van der Waals surface area contributed by atoms with Crippen molar-refractivity contribution in [3.05, 3.63) is 48.0 Å². The summed E-state index contributed by atoms with van der Waals surface area (Å²) in [5.74, 6) is -1.83. The molecule has 1 saturated heterocycles. The quantitative estimate of drug-likeness (QED) is 0.410. The van der Waals surface area contributed by atoms with Gasteiger partial charge in [0.25, 0.3) is 0 Å². The molecule has 1 aromatic carbocycles. The molecule has 0 aliphatic carbocycles. The highest BCUT2D eigenvalue weighted by Gasteiger charge is 2.43. The number of amides is 5. The zero-order chi connectivity index (χ0) is 30.4. The van der Waals surface area contributed by atoms with E-state index < -0.39 is 58.5 Å². The van der Waals surface area contributed by atoms with E-state index in [4.69, 9.17) is 4.74 Å². The van der Waals surface area contributed by atoms with Crippen molar-refractivity contribution >= 4 is 29.7 Å². The molecule has 4 N–H and O–H groups in total. The standard InChI is InChI=1S/C30H43N5O6/c1-28(2,3)41-27(40)32-21-15-10-11-17-30(6,26(39)31-19-20-13-8-7-9-14-20)34-25(38)29(4,5)33-23(36)22-16-12-18-35(22)24(21)37/h7-11,13-14,21-22H,12,15-19H2,1-6H3,(H,31,39)(H,32,40)(H,33,36)(H,34,38)/b11-10+/t21-,22-,30-/m0/s1. The fourth-order valence-electron chi connectivity index (χ4n) is 4.75. The third-order valence-corrected chi connectivity index (χ3v) is 7.08. The summed E-state index contributed by atoms with van der Waals surface area (Å²) in [4.78, 5) is 67.9. The van der Waals surface area contributed by atoms with Gasteiger partial charge in [0.05, 0.1) is 0 Å². The fraction of sp³-hybridized carbons (Fsp3) is 0.567. The Labute approximate surface area is 241 Å². The van der Waals surface area contributed by atoms with E-state index in [2.05, 4.69) is 21.3 Å².